The van der Waals surface area contributed by atoms with Crippen molar-refractivity contribution in [1.29, 1.82) is 0 Å². The lowest BCUT2D eigenvalue weighted by Crippen LogP contribution is -2.52. The molecule has 0 aliphatic carbocycles. The number of hydrogen-bond donors (Lipinski definition) is 2. The highest BCUT2D eigenvalue weighted by atomic mass is 32.2. The topological polar surface area (TPSA) is 102 Å². The van der Waals surface area contributed by atoms with E-state index in [1.54, 1.807) is 0 Å². The predicted octanol–water partition coefficient (Wildman–Crippen LogP) is 2.50. The van der Waals surface area contributed by atoms with Gasteiger partial charge in [0.25, 0.3) is 6.10 Å². The lowest BCUT2D eigenvalue weighted by Gasteiger charge is -2.26. The molecule has 0 bridgehead atoms. The Morgan fingerprint density at radius 2 is 1.69 bits per heavy atom. The Bertz CT molecular complexity index is 780. The van der Waals surface area contributed by atoms with Gasteiger partial charge < -0.3 is 14.8 Å². The van der Waals surface area contributed by atoms with Crippen LogP contribution in [0.25, 0.3) is 6.08 Å². The molecule has 0 radical (unpaired) electrons. The van der Waals surface area contributed by atoms with Crippen LogP contribution in [0.4, 0.5) is 22.0 Å². The van der Waals surface area contributed by atoms with E-state index in [2.05, 4.69) is 16.6 Å². The number of morpholine rings is 1. The Labute approximate surface area is 163 Å². The standard InChI is InChI=1S/C12H9F5O5S.C4H9NO/c1-2-7-3-5-8(6-4-7)9(18)22-10(11(13,14)15)12(16,17)23(19,20)21;1-3-6-4-2-5-1/h2-6,10H,1H2,(H,19,20,21);5H,1-4H2. The van der Waals surface area contributed by atoms with Gasteiger partial charge in [-0.1, -0.05) is 24.8 Å². The highest BCUT2D eigenvalue weighted by Gasteiger charge is 2.66. The Kier molecular flexibility index (Phi) is 8.68. The van der Waals surface area contributed by atoms with Gasteiger partial charge in [0, 0.05) is 13.1 Å². The van der Waals surface area contributed by atoms with Gasteiger partial charge in [-0.15, -0.1) is 0 Å². The normalized spacial score (nSPS) is 16.2. The molecule has 1 aromatic rings. The molecule has 1 aliphatic heterocycles. The largest absolute Gasteiger partial charge is 0.441 e. The van der Waals surface area contributed by atoms with Crippen LogP contribution in [0.5, 0.6) is 0 Å². The predicted molar refractivity (Wildman–Crippen MR) is 92.0 cm³/mol. The van der Waals surface area contributed by atoms with Crippen LogP contribution in [-0.4, -0.2) is 62.8 Å². The third-order valence-electron chi connectivity index (χ3n) is 3.40. The van der Waals surface area contributed by atoms with Gasteiger partial charge in [0.2, 0.25) is 0 Å². The second-order valence-electron chi connectivity index (χ2n) is 5.55. The van der Waals surface area contributed by atoms with E-state index >= 15 is 0 Å². The number of halogens is 5. The fourth-order valence-electron chi connectivity index (χ4n) is 1.91. The molecule has 1 aromatic carbocycles. The molecule has 0 aromatic heterocycles. The van der Waals surface area contributed by atoms with E-state index in [4.69, 9.17) is 9.29 Å². The first-order valence-electron chi connectivity index (χ1n) is 7.94. The van der Waals surface area contributed by atoms with E-state index < -0.39 is 39.2 Å². The molecule has 1 fully saturated rings. The number of hydrogen-bond acceptors (Lipinski definition) is 6. The van der Waals surface area contributed by atoms with Gasteiger partial charge in [0.05, 0.1) is 18.8 Å². The molecule has 164 valence electrons. The van der Waals surface area contributed by atoms with Crippen molar-refractivity contribution in [2.75, 3.05) is 26.3 Å². The van der Waals surface area contributed by atoms with Crippen molar-refractivity contribution < 1.29 is 49.2 Å². The third kappa shape index (κ3) is 7.34. The lowest BCUT2D eigenvalue weighted by molar-refractivity contribution is -0.248. The van der Waals surface area contributed by atoms with Crippen LogP contribution in [-0.2, 0) is 19.6 Å². The maximum absolute atomic E-state index is 13.2. The van der Waals surface area contributed by atoms with Crippen molar-refractivity contribution in [3.05, 3.63) is 42.0 Å². The molecule has 1 heterocycles. The summed E-state index contributed by atoms with van der Waals surface area (Å²) in [5.74, 6) is -1.84. The monoisotopic (exact) mass is 447 g/mol. The summed E-state index contributed by atoms with van der Waals surface area (Å²) in [6.07, 6.45) is -8.95. The van der Waals surface area contributed by atoms with Gasteiger partial charge in [-0.3, -0.25) is 4.55 Å². The molecule has 2 rings (SSSR count). The molecule has 29 heavy (non-hydrogen) atoms. The van der Waals surface area contributed by atoms with Gasteiger partial charge in [0.15, 0.2) is 0 Å². The van der Waals surface area contributed by atoms with E-state index in [0.717, 1.165) is 38.4 Å². The molecule has 2 N–H and O–H groups in total. The maximum atomic E-state index is 13.2. The van der Waals surface area contributed by atoms with Gasteiger partial charge in [-0.25, -0.2) is 4.79 Å². The van der Waals surface area contributed by atoms with Crippen LogP contribution < -0.4 is 5.32 Å². The van der Waals surface area contributed by atoms with Crippen molar-refractivity contribution in [3.8, 4) is 0 Å². The summed E-state index contributed by atoms with van der Waals surface area (Å²) < 4.78 is 102. The fraction of sp³-hybridized carbons (Fsp3) is 0.438. The number of nitrogens with one attached hydrogen (secondary N) is 1. The minimum atomic E-state index is -6.47. The molecule has 7 nitrogen and oxygen atoms in total. The van der Waals surface area contributed by atoms with Gasteiger partial charge in [0.1, 0.15) is 0 Å². The first-order chi connectivity index (χ1) is 13.3. The van der Waals surface area contributed by atoms with Crippen molar-refractivity contribution >= 4 is 22.2 Å². The van der Waals surface area contributed by atoms with Crippen LogP contribution in [0.2, 0.25) is 0 Å². The van der Waals surface area contributed by atoms with Crippen LogP contribution in [0, 0.1) is 0 Å². The Hall–Kier alpha value is -2.09. The second-order valence-corrected chi connectivity index (χ2v) is 7.05. The molecular formula is C16H18F5NO6S. The van der Waals surface area contributed by atoms with Crippen LogP contribution in [0.15, 0.2) is 30.8 Å². The number of ether oxygens (including phenoxy) is 2. The summed E-state index contributed by atoms with van der Waals surface area (Å²) in [6.45, 7) is 7.22. The number of carbonyl (C=O) groups excluding carboxylic acids is 1. The fourth-order valence-corrected chi connectivity index (χ4v) is 2.36. The zero-order chi connectivity index (χ0) is 22.3. The summed E-state index contributed by atoms with van der Waals surface area (Å²) in [7, 11) is -6.47. The van der Waals surface area contributed by atoms with Gasteiger partial charge in [-0.05, 0) is 17.7 Å². The SMILES string of the molecule is C1COCCN1.C=Cc1ccc(C(=O)OC(C(F)(F)F)C(F)(F)S(=O)(=O)O)cc1. The van der Waals surface area contributed by atoms with Crippen molar-refractivity contribution in [1.82, 2.24) is 5.32 Å². The van der Waals surface area contributed by atoms with Gasteiger partial charge >= 0.3 is 27.5 Å². The van der Waals surface area contributed by atoms with Crippen LogP contribution in [0.1, 0.15) is 15.9 Å². The molecule has 1 atom stereocenters. The van der Waals surface area contributed by atoms with E-state index in [9.17, 15) is 35.2 Å². The molecule has 13 heteroatoms. The molecule has 0 amide bonds. The van der Waals surface area contributed by atoms with Crippen molar-refractivity contribution in [2.45, 2.75) is 17.5 Å². The zero-order valence-corrected chi connectivity index (χ0v) is 15.6. The van der Waals surface area contributed by atoms with Gasteiger partial charge in [-0.2, -0.15) is 30.4 Å². The molecule has 0 saturated carbocycles. The van der Waals surface area contributed by atoms with Crippen LogP contribution >= 0.6 is 0 Å². The van der Waals surface area contributed by atoms with Crippen molar-refractivity contribution in [3.63, 3.8) is 0 Å². The molecular weight excluding hydrogens is 429 g/mol. The highest BCUT2D eigenvalue weighted by molar-refractivity contribution is 7.86. The number of carbonyl (C=O) groups is 1. The van der Waals surface area contributed by atoms with E-state index in [1.165, 1.54) is 18.2 Å². The maximum Gasteiger partial charge on any atom is 0.432 e. The number of esters is 1. The first kappa shape index (κ1) is 24.9. The highest BCUT2D eigenvalue weighted by Crippen LogP contribution is 2.38. The van der Waals surface area contributed by atoms with E-state index in [-0.39, 0.29) is 0 Å². The van der Waals surface area contributed by atoms with Crippen molar-refractivity contribution in [2.24, 2.45) is 0 Å². The Morgan fingerprint density at radius 3 is 2.00 bits per heavy atom. The zero-order valence-electron chi connectivity index (χ0n) is 14.8. The lowest BCUT2D eigenvalue weighted by atomic mass is 10.1. The quantitative estimate of drug-likeness (QED) is 0.406. The number of rotatable bonds is 5. The third-order valence-corrected chi connectivity index (χ3v) is 4.30. The summed E-state index contributed by atoms with van der Waals surface area (Å²) in [5.41, 5.74) is -0.0480. The molecule has 1 unspecified atom stereocenters. The second kappa shape index (κ2) is 10.1. The van der Waals surface area contributed by atoms with Crippen LogP contribution in [0.3, 0.4) is 0 Å². The molecule has 1 saturated heterocycles. The first-order valence-corrected chi connectivity index (χ1v) is 9.38. The molecule has 0 spiro atoms. The summed E-state index contributed by atoms with van der Waals surface area (Å²) in [4.78, 5) is 11.5. The number of alkyl halides is 5. The molecule has 1 aliphatic rings. The number of benzene rings is 1. The minimum absolute atomic E-state index is 0.484. The smallest absolute Gasteiger partial charge is 0.432 e. The summed E-state index contributed by atoms with van der Waals surface area (Å²) in [5, 5.41) is -2.60. The summed E-state index contributed by atoms with van der Waals surface area (Å²) >= 11 is 0. The van der Waals surface area contributed by atoms with E-state index in [0.29, 0.717) is 5.56 Å². The summed E-state index contributed by atoms with van der Waals surface area (Å²) in [6, 6.07) is 4.43. The minimum Gasteiger partial charge on any atom is -0.441 e. The average Bonchev–Trinajstić information content (AvgIpc) is 2.66. The Balaban J connectivity index is 0.000000594. The Morgan fingerprint density at radius 1 is 1.17 bits per heavy atom. The van der Waals surface area contributed by atoms with E-state index in [1.807, 2.05) is 0 Å². The average molecular weight is 447 g/mol.